The zero-order chi connectivity index (χ0) is 13.0. The van der Waals surface area contributed by atoms with Gasteiger partial charge in [-0.2, -0.15) is 0 Å². The molecule has 0 aliphatic rings. The molecular formula is C12H12F2N4. The van der Waals surface area contributed by atoms with Crippen molar-refractivity contribution in [3.63, 3.8) is 0 Å². The fraction of sp³-hybridized carbons (Fsp3) is 0.167. The van der Waals surface area contributed by atoms with Crippen molar-refractivity contribution in [1.29, 1.82) is 0 Å². The summed E-state index contributed by atoms with van der Waals surface area (Å²) in [5.74, 6) is 4.47. The molecule has 0 saturated carbocycles. The lowest BCUT2D eigenvalue weighted by Crippen LogP contribution is -2.30. The fourth-order valence-corrected chi connectivity index (χ4v) is 1.68. The maximum Gasteiger partial charge on any atom is 0.126 e. The molecule has 0 saturated heterocycles. The molecule has 2 rings (SSSR count). The zero-order valence-electron chi connectivity index (χ0n) is 9.48. The molecule has 0 aliphatic carbocycles. The molecule has 0 aliphatic heterocycles. The van der Waals surface area contributed by atoms with Gasteiger partial charge in [0.05, 0.1) is 6.04 Å². The van der Waals surface area contributed by atoms with Crippen LogP contribution in [-0.4, -0.2) is 9.97 Å². The molecular weight excluding hydrogens is 238 g/mol. The molecule has 0 fully saturated rings. The molecule has 1 aromatic heterocycles. The Labute approximate surface area is 103 Å². The molecule has 2 aromatic rings. The highest BCUT2D eigenvalue weighted by molar-refractivity contribution is 5.22. The van der Waals surface area contributed by atoms with Gasteiger partial charge in [-0.15, -0.1) is 0 Å². The topological polar surface area (TPSA) is 63.8 Å². The van der Waals surface area contributed by atoms with Crippen molar-refractivity contribution in [2.45, 2.75) is 12.5 Å². The van der Waals surface area contributed by atoms with Gasteiger partial charge in [-0.25, -0.2) is 18.7 Å². The molecule has 6 heteroatoms. The van der Waals surface area contributed by atoms with Gasteiger partial charge in [0.1, 0.15) is 18.0 Å². The number of nitrogens with zero attached hydrogens (tertiary/aromatic N) is 2. The normalized spacial score (nSPS) is 12.4. The van der Waals surface area contributed by atoms with Crippen LogP contribution in [-0.2, 0) is 6.42 Å². The summed E-state index contributed by atoms with van der Waals surface area (Å²) in [4.78, 5) is 7.72. The Balaban J connectivity index is 2.23. The molecule has 1 unspecified atom stereocenters. The fourth-order valence-electron chi connectivity index (χ4n) is 1.68. The van der Waals surface area contributed by atoms with Crippen LogP contribution >= 0.6 is 0 Å². The molecule has 1 heterocycles. The predicted molar refractivity (Wildman–Crippen MR) is 62.2 cm³/mol. The summed E-state index contributed by atoms with van der Waals surface area (Å²) in [6.45, 7) is 0. The third kappa shape index (κ3) is 2.85. The van der Waals surface area contributed by atoms with Gasteiger partial charge in [0.25, 0.3) is 0 Å². The highest BCUT2D eigenvalue weighted by Crippen LogP contribution is 2.19. The molecule has 0 spiro atoms. The van der Waals surface area contributed by atoms with Crippen molar-refractivity contribution in [3.05, 3.63) is 59.7 Å². The highest BCUT2D eigenvalue weighted by Gasteiger charge is 2.14. The van der Waals surface area contributed by atoms with Crippen LogP contribution in [0, 0.1) is 11.6 Å². The van der Waals surface area contributed by atoms with E-state index < -0.39 is 11.6 Å². The van der Waals surface area contributed by atoms with Crippen LogP contribution in [0.4, 0.5) is 8.78 Å². The first-order valence-corrected chi connectivity index (χ1v) is 5.35. The summed E-state index contributed by atoms with van der Waals surface area (Å²) in [6.07, 6.45) is 4.76. The number of aromatic nitrogens is 2. The molecule has 0 amide bonds. The zero-order valence-corrected chi connectivity index (χ0v) is 9.48. The number of nitrogens with one attached hydrogen (secondary N) is 1. The Hall–Kier alpha value is -1.92. The molecule has 94 valence electrons. The lowest BCUT2D eigenvalue weighted by atomic mass is 10.0. The van der Waals surface area contributed by atoms with E-state index in [1.165, 1.54) is 6.33 Å². The minimum atomic E-state index is -0.480. The summed E-state index contributed by atoms with van der Waals surface area (Å²) < 4.78 is 26.6. The lowest BCUT2D eigenvalue weighted by molar-refractivity contribution is 0.520. The minimum absolute atomic E-state index is 0.216. The number of rotatable bonds is 4. The smallest absolute Gasteiger partial charge is 0.126 e. The van der Waals surface area contributed by atoms with Crippen molar-refractivity contribution >= 4 is 0 Å². The van der Waals surface area contributed by atoms with E-state index in [0.29, 0.717) is 5.56 Å². The Morgan fingerprint density at radius 1 is 1.22 bits per heavy atom. The Bertz CT molecular complexity index is 519. The van der Waals surface area contributed by atoms with Crippen LogP contribution in [0.3, 0.4) is 0 Å². The van der Waals surface area contributed by atoms with E-state index >= 15 is 0 Å². The van der Waals surface area contributed by atoms with Crippen LogP contribution in [0.25, 0.3) is 0 Å². The van der Waals surface area contributed by atoms with Crippen LogP contribution in [0.5, 0.6) is 0 Å². The second-order valence-electron chi connectivity index (χ2n) is 3.83. The number of hydrazine groups is 1. The van der Waals surface area contributed by atoms with E-state index in [1.54, 1.807) is 12.4 Å². The van der Waals surface area contributed by atoms with Crippen molar-refractivity contribution < 1.29 is 8.78 Å². The molecule has 0 bridgehead atoms. The van der Waals surface area contributed by atoms with Gasteiger partial charge in [0.15, 0.2) is 0 Å². The average molecular weight is 250 g/mol. The Morgan fingerprint density at radius 2 is 1.94 bits per heavy atom. The van der Waals surface area contributed by atoms with Crippen molar-refractivity contribution in [2.75, 3.05) is 0 Å². The van der Waals surface area contributed by atoms with Crippen molar-refractivity contribution in [2.24, 2.45) is 5.84 Å². The number of hydrogen-bond acceptors (Lipinski definition) is 4. The summed E-state index contributed by atoms with van der Waals surface area (Å²) in [5, 5.41) is 0. The van der Waals surface area contributed by atoms with E-state index in [-0.39, 0.29) is 18.0 Å². The summed E-state index contributed by atoms with van der Waals surface area (Å²) in [5.41, 5.74) is 3.51. The second kappa shape index (κ2) is 5.61. The predicted octanol–water partition coefficient (Wildman–Crippen LogP) is 1.50. The quantitative estimate of drug-likeness (QED) is 0.637. The molecule has 18 heavy (non-hydrogen) atoms. The minimum Gasteiger partial charge on any atom is -0.271 e. The number of halogens is 2. The largest absolute Gasteiger partial charge is 0.271 e. The van der Waals surface area contributed by atoms with Gasteiger partial charge in [-0.3, -0.25) is 11.3 Å². The monoisotopic (exact) mass is 250 g/mol. The average Bonchev–Trinajstić information content (AvgIpc) is 2.41. The standard InChI is InChI=1S/C12H12F2N4/c13-10-1-2-11(14)8(3-10)4-12(18-15)9-5-16-7-17-6-9/h1-3,5-7,12,18H,4,15H2. The van der Waals surface area contributed by atoms with Gasteiger partial charge >= 0.3 is 0 Å². The second-order valence-corrected chi connectivity index (χ2v) is 3.83. The van der Waals surface area contributed by atoms with Crippen molar-refractivity contribution in [1.82, 2.24) is 15.4 Å². The highest BCUT2D eigenvalue weighted by atomic mass is 19.1. The third-order valence-corrected chi connectivity index (χ3v) is 2.62. The third-order valence-electron chi connectivity index (χ3n) is 2.62. The number of nitrogens with two attached hydrogens (primary N) is 1. The number of benzene rings is 1. The number of hydrogen-bond donors (Lipinski definition) is 2. The summed E-state index contributed by atoms with van der Waals surface area (Å²) >= 11 is 0. The Morgan fingerprint density at radius 3 is 2.61 bits per heavy atom. The van der Waals surface area contributed by atoms with Crippen LogP contribution in [0.1, 0.15) is 17.2 Å². The van der Waals surface area contributed by atoms with Crippen LogP contribution in [0.2, 0.25) is 0 Å². The lowest BCUT2D eigenvalue weighted by Gasteiger charge is -2.15. The van der Waals surface area contributed by atoms with E-state index in [1.807, 2.05) is 0 Å². The Kier molecular flexibility index (Phi) is 3.91. The van der Waals surface area contributed by atoms with Crippen LogP contribution in [0.15, 0.2) is 36.9 Å². The first kappa shape index (κ1) is 12.5. The van der Waals surface area contributed by atoms with Gasteiger partial charge in [-0.05, 0) is 30.2 Å². The molecule has 3 N–H and O–H groups in total. The van der Waals surface area contributed by atoms with Gasteiger partial charge in [0.2, 0.25) is 0 Å². The van der Waals surface area contributed by atoms with Crippen molar-refractivity contribution in [3.8, 4) is 0 Å². The van der Waals surface area contributed by atoms with E-state index in [4.69, 9.17) is 5.84 Å². The van der Waals surface area contributed by atoms with Gasteiger partial charge in [0, 0.05) is 18.0 Å². The van der Waals surface area contributed by atoms with E-state index in [2.05, 4.69) is 15.4 Å². The van der Waals surface area contributed by atoms with Gasteiger partial charge < -0.3 is 0 Å². The first-order chi connectivity index (χ1) is 8.70. The molecule has 1 aromatic carbocycles. The maximum atomic E-state index is 13.5. The maximum absolute atomic E-state index is 13.5. The molecule has 0 radical (unpaired) electrons. The molecule has 1 atom stereocenters. The van der Waals surface area contributed by atoms with E-state index in [9.17, 15) is 8.78 Å². The summed E-state index contributed by atoms with van der Waals surface area (Å²) in [6, 6.07) is 2.96. The first-order valence-electron chi connectivity index (χ1n) is 5.35. The van der Waals surface area contributed by atoms with Gasteiger partial charge in [-0.1, -0.05) is 0 Å². The SMILES string of the molecule is NNC(Cc1cc(F)ccc1F)c1cncnc1. The molecule has 4 nitrogen and oxygen atoms in total. The van der Waals surface area contributed by atoms with Crippen LogP contribution < -0.4 is 11.3 Å². The summed E-state index contributed by atoms with van der Waals surface area (Å²) in [7, 11) is 0. The van der Waals surface area contributed by atoms with E-state index in [0.717, 1.165) is 18.2 Å².